The molecule has 0 spiro atoms. The molecule has 1 fully saturated rings. The third-order valence-electron chi connectivity index (χ3n) is 2.49. The first-order valence-electron chi connectivity index (χ1n) is 4.88. The molecule has 0 amide bonds. The minimum absolute atomic E-state index is 0.260. The van der Waals surface area contributed by atoms with Gasteiger partial charge in [0.15, 0.2) is 0 Å². The Morgan fingerprint density at radius 3 is 2.86 bits per heavy atom. The van der Waals surface area contributed by atoms with Crippen LogP contribution >= 0.6 is 0 Å². The predicted molar refractivity (Wildman–Crippen MR) is 54.3 cm³/mol. The highest BCUT2D eigenvalue weighted by Crippen LogP contribution is 2.19. The Morgan fingerprint density at radius 1 is 1.50 bits per heavy atom. The van der Waals surface area contributed by atoms with Crippen molar-refractivity contribution >= 4 is 0 Å². The van der Waals surface area contributed by atoms with Crippen LogP contribution in [0, 0.1) is 0 Å². The van der Waals surface area contributed by atoms with Crippen LogP contribution in [0.2, 0.25) is 0 Å². The molecule has 1 aliphatic rings. The zero-order chi connectivity index (χ0) is 9.97. The van der Waals surface area contributed by atoms with E-state index >= 15 is 0 Å². The molecular formula is C11H15NO2. The van der Waals surface area contributed by atoms with E-state index in [1.165, 1.54) is 0 Å². The monoisotopic (exact) mass is 193 g/mol. The minimum atomic E-state index is 0.260. The normalized spacial score (nSPS) is 18.9. The molecule has 76 valence electrons. The molecule has 1 heterocycles. The van der Waals surface area contributed by atoms with E-state index in [1.54, 1.807) is 12.1 Å². The Bertz CT molecular complexity index is 310. The fraction of sp³-hybridized carbons (Fsp3) is 0.455. The van der Waals surface area contributed by atoms with E-state index in [1.807, 2.05) is 12.1 Å². The third kappa shape index (κ3) is 2.05. The van der Waals surface area contributed by atoms with Crippen LogP contribution in [0.25, 0.3) is 0 Å². The van der Waals surface area contributed by atoms with Crippen molar-refractivity contribution in [3.8, 4) is 5.75 Å². The van der Waals surface area contributed by atoms with E-state index in [0.717, 1.165) is 18.8 Å². The van der Waals surface area contributed by atoms with E-state index in [4.69, 9.17) is 4.74 Å². The van der Waals surface area contributed by atoms with Gasteiger partial charge in [0.25, 0.3) is 0 Å². The molecule has 0 bridgehead atoms. The van der Waals surface area contributed by atoms with Gasteiger partial charge in [0.05, 0.1) is 19.3 Å². The first kappa shape index (κ1) is 9.49. The van der Waals surface area contributed by atoms with Crippen LogP contribution in [0.15, 0.2) is 24.3 Å². The first-order chi connectivity index (χ1) is 6.75. The van der Waals surface area contributed by atoms with Crippen molar-refractivity contribution in [2.24, 2.45) is 0 Å². The topological polar surface area (TPSA) is 41.5 Å². The molecule has 3 nitrogen and oxygen atoms in total. The maximum absolute atomic E-state index is 9.31. The highest BCUT2D eigenvalue weighted by Gasteiger charge is 2.20. The zero-order valence-electron chi connectivity index (χ0n) is 8.23. The number of phenols is 1. The Labute approximate surface area is 83.7 Å². The van der Waals surface area contributed by atoms with E-state index in [0.29, 0.717) is 11.8 Å². The minimum Gasteiger partial charge on any atom is -0.508 e. The molecule has 0 aliphatic carbocycles. The van der Waals surface area contributed by atoms with Gasteiger partial charge < -0.3 is 15.2 Å². The number of aromatic hydroxyl groups is 1. The van der Waals surface area contributed by atoms with Gasteiger partial charge >= 0.3 is 0 Å². The van der Waals surface area contributed by atoms with Crippen molar-refractivity contribution in [1.29, 1.82) is 0 Å². The van der Waals surface area contributed by atoms with Crippen LogP contribution in [0.1, 0.15) is 18.5 Å². The second-order valence-corrected chi connectivity index (χ2v) is 3.72. The molecule has 14 heavy (non-hydrogen) atoms. The lowest BCUT2D eigenvalue weighted by atomic mass is 10.1. The summed E-state index contributed by atoms with van der Waals surface area (Å²) >= 11 is 0. The Kier molecular flexibility index (Phi) is 2.70. The molecule has 2 N–H and O–H groups in total. The van der Waals surface area contributed by atoms with Gasteiger partial charge in [-0.05, 0) is 24.6 Å². The molecule has 0 aromatic heterocycles. The average Bonchev–Trinajstić information content (AvgIpc) is 2.11. The number of nitrogens with one attached hydrogen (secondary N) is 1. The van der Waals surface area contributed by atoms with Gasteiger partial charge in [-0.1, -0.05) is 12.1 Å². The summed E-state index contributed by atoms with van der Waals surface area (Å²) in [6.07, 6.45) is 0. The van der Waals surface area contributed by atoms with Crippen molar-refractivity contribution in [3.05, 3.63) is 29.8 Å². The SMILES string of the molecule is CC(NC1COC1)c1cccc(O)c1. The lowest BCUT2D eigenvalue weighted by Crippen LogP contribution is -2.46. The smallest absolute Gasteiger partial charge is 0.115 e. The lowest BCUT2D eigenvalue weighted by Gasteiger charge is -2.30. The summed E-state index contributed by atoms with van der Waals surface area (Å²) in [5, 5.41) is 12.7. The van der Waals surface area contributed by atoms with Gasteiger partial charge in [-0.2, -0.15) is 0 Å². The standard InChI is InChI=1S/C11H15NO2/c1-8(12-10-6-14-7-10)9-3-2-4-11(13)5-9/h2-5,8,10,12-13H,6-7H2,1H3. The Hall–Kier alpha value is -1.06. The van der Waals surface area contributed by atoms with E-state index < -0.39 is 0 Å². The molecule has 3 heteroatoms. The molecule has 1 atom stereocenters. The number of ether oxygens (including phenoxy) is 1. The van der Waals surface area contributed by atoms with Crippen LogP contribution in [0.3, 0.4) is 0 Å². The quantitative estimate of drug-likeness (QED) is 0.763. The molecule has 2 rings (SSSR count). The zero-order valence-corrected chi connectivity index (χ0v) is 8.23. The van der Waals surface area contributed by atoms with Crippen molar-refractivity contribution in [2.45, 2.75) is 19.0 Å². The van der Waals surface area contributed by atoms with Gasteiger partial charge in [-0.3, -0.25) is 0 Å². The molecule has 0 saturated carbocycles. The number of rotatable bonds is 3. The summed E-state index contributed by atoms with van der Waals surface area (Å²) in [4.78, 5) is 0. The Morgan fingerprint density at radius 2 is 2.29 bits per heavy atom. The van der Waals surface area contributed by atoms with Gasteiger partial charge in [-0.15, -0.1) is 0 Å². The largest absolute Gasteiger partial charge is 0.508 e. The number of hydrogen-bond acceptors (Lipinski definition) is 3. The van der Waals surface area contributed by atoms with E-state index in [9.17, 15) is 5.11 Å². The van der Waals surface area contributed by atoms with Crippen LogP contribution in [0.5, 0.6) is 5.75 Å². The maximum Gasteiger partial charge on any atom is 0.115 e. The highest BCUT2D eigenvalue weighted by molar-refractivity contribution is 5.29. The summed E-state index contributed by atoms with van der Waals surface area (Å²) in [6.45, 7) is 3.68. The van der Waals surface area contributed by atoms with Crippen LogP contribution in [-0.2, 0) is 4.74 Å². The fourth-order valence-corrected chi connectivity index (χ4v) is 1.58. The third-order valence-corrected chi connectivity index (χ3v) is 2.49. The van der Waals surface area contributed by atoms with Crippen LogP contribution in [0.4, 0.5) is 0 Å². The maximum atomic E-state index is 9.31. The van der Waals surface area contributed by atoms with Gasteiger partial charge in [-0.25, -0.2) is 0 Å². The molecule has 1 saturated heterocycles. The molecule has 1 aromatic rings. The summed E-state index contributed by atoms with van der Waals surface area (Å²) in [6, 6.07) is 8.07. The molecule has 0 radical (unpaired) electrons. The summed E-state index contributed by atoms with van der Waals surface area (Å²) in [7, 11) is 0. The first-order valence-corrected chi connectivity index (χ1v) is 4.88. The van der Waals surface area contributed by atoms with E-state index in [2.05, 4.69) is 12.2 Å². The predicted octanol–water partition coefficient (Wildman–Crippen LogP) is 1.44. The second-order valence-electron chi connectivity index (χ2n) is 3.72. The molecule has 1 aromatic carbocycles. The lowest BCUT2D eigenvalue weighted by molar-refractivity contribution is -0.00925. The van der Waals surface area contributed by atoms with Gasteiger partial charge in [0.1, 0.15) is 5.75 Å². The number of benzene rings is 1. The number of hydrogen-bond donors (Lipinski definition) is 2. The van der Waals surface area contributed by atoms with Crippen molar-refractivity contribution in [1.82, 2.24) is 5.32 Å². The van der Waals surface area contributed by atoms with Crippen molar-refractivity contribution in [3.63, 3.8) is 0 Å². The van der Waals surface area contributed by atoms with Crippen LogP contribution in [-0.4, -0.2) is 24.4 Å². The fourth-order valence-electron chi connectivity index (χ4n) is 1.58. The van der Waals surface area contributed by atoms with E-state index in [-0.39, 0.29) is 6.04 Å². The van der Waals surface area contributed by atoms with Crippen LogP contribution < -0.4 is 5.32 Å². The molecular weight excluding hydrogens is 178 g/mol. The summed E-state index contributed by atoms with van der Waals surface area (Å²) in [5.74, 6) is 0.320. The second kappa shape index (κ2) is 3.98. The van der Waals surface area contributed by atoms with Gasteiger partial charge in [0, 0.05) is 6.04 Å². The van der Waals surface area contributed by atoms with Crippen molar-refractivity contribution in [2.75, 3.05) is 13.2 Å². The molecule has 1 aliphatic heterocycles. The number of phenolic OH excluding ortho intramolecular Hbond substituents is 1. The average molecular weight is 193 g/mol. The van der Waals surface area contributed by atoms with Gasteiger partial charge in [0.2, 0.25) is 0 Å². The summed E-state index contributed by atoms with van der Waals surface area (Å²) in [5.41, 5.74) is 1.11. The summed E-state index contributed by atoms with van der Waals surface area (Å²) < 4.78 is 5.08. The molecule has 1 unspecified atom stereocenters. The highest BCUT2D eigenvalue weighted by atomic mass is 16.5. The Balaban J connectivity index is 1.98. The van der Waals surface area contributed by atoms with Crippen molar-refractivity contribution < 1.29 is 9.84 Å².